The summed E-state index contributed by atoms with van der Waals surface area (Å²) in [4.78, 5) is 35.5. The molecule has 10 nitrogen and oxygen atoms in total. The molecular formula is C31H32N2O8. The zero-order chi connectivity index (χ0) is 29.6. The van der Waals surface area contributed by atoms with Crippen LogP contribution >= 0.6 is 0 Å². The van der Waals surface area contributed by atoms with Crippen molar-refractivity contribution < 1.29 is 33.1 Å². The lowest BCUT2D eigenvalue weighted by molar-refractivity contribution is -0.383. The second kappa shape index (κ2) is 12.5. The molecule has 0 radical (unpaired) electrons. The van der Waals surface area contributed by atoms with Crippen LogP contribution in [-0.4, -0.2) is 29.2 Å². The maximum atomic E-state index is 12.0. The van der Waals surface area contributed by atoms with Gasteiger partial charge in [-0.3, -0.25) is 14.9 Å². The van der Waals surface area contributed by atoms with E-state index in [9.17, 15) is 19.7 Å². The Bertz CT molecular complexity index is 1570. The number of furan rings is 1. The largest absolute Gasteiger partial charge is 0.485 e. The molecule has 10 heteroatoms. The van der Waals surface area contributed by atoms with Crippen molar-refractivity contribution in [2.45, 2.75) is 52.9 Å². The number of para-hydroxylation sites is 1. The number of rotatable bonds is 10. The van der Waals surface area contributed by atoms with Crippen molar-refractivity contribution in [2.24, 2.45) is 0 Å². The molecular weight excluding hydrogens is 528 g/mol. The Morgan fingerprint density at radius 3 is 2.51 bits per heavy atom. The van der Waals surface area contributed by atoms with Crippen LogP contribution in [-0.2, 0) is 33.8 Å². The highest BCUT2D eigenvalue weighted by Gasteiger charge is 2.21. The number of benzene rings is 3. The average Bonchev–Trinajstić information content (AvgIpc) is 3.33. The van der Waals surface area contributed by atoms with E-state index in [0.717, 1.165) is 11.1 Å². The number of carbonyl (C=O) groups is 2. The zero-order valence-electron chi connectivity index (χ0n) is 23.4. The molecule has 3 aromatic carbocycles. The Morgan fingerprint density at radius 2 is 1.78 bits per heavy atom. The number of nitrogens with one attached hydrogen (secondary N) is 1. The Morgan fingerprint density at radius 1 is 1.00 bits per heavy atom. The van der Waals surface area contributed by atoms with Crippen LogP contribution in [0.2, 0.25) is 0 Å². The van der Waals surface area contributed by atoms with Crippen molar-refractivity contribution >= 4 is 28.7 Å². The van der Waals surface area contributed by atoms with Crippen LogP contribution < -0.4 is 10.1 Å². The highest BCUT2D eigenvalue weighted by molar-refractivity contribution is 5.91. The summed E-state index contributed by atoms with van der Waals surface area (Å²) in [5, 5.41) is 15.2. The van der Waals surface area contributed by atoms with E-state index in [1.54, 1.807) is 58.0 Å². The topological polar surface area (TPSA) is 130 Å². The van der Waals surface area contributed by atoms with Gasteiger partial charge in [0.1, 0.15) is 23.7 Å². The van der Waals surface area contributed by atoms with Crippen LogP contribution in [0.1, 0.15) is 44.6 Å². The summed E-state index contributed by atoms with van der Waals surface area (Å²) in [6.07, 6.45) is -0.470. The maximum absolute atomic E-state index is 12.0. The van der Waals surface area contributed by atoms with E-state index in [1.165, 1.54) is 6.07 Å². The van der Waals surface area contributed by atoms with Gasteiger partial charge in [0.2, 0.25) is 5.58 Å². The highest BCUT2D eigenvalue weighted by Crippen LogP contribution is 2.35. The third-order valence-electron chi connectivity index (χ3n) is 5.92. The Hall–Kier alpha value is -4.86. The fourth-order valence-electron chi connectivity index (χ4n) is 4.22. The van der Waals surface area contributed by atoms with Crippen LogP contribution in [0, 0.1) is 10.1 Å². The van der Waals surface area contributed by atoms with Crippen LogP contribution in [0.15, 0.2) is 71.1 Å². The molecule has 0 bridgehead atoms. The van der Waals surface area contributed by atoms with Gasteiger partial charge in [-0.2, -0.15) is 0 Å². The molecule has 214 valence electrons. The normalized spacial score (nSPS) is 11.2. The molecule has 1 amide bonds. The number of alkyl carbamates (subject to hydrolysis) is 1. The van der Waals surface area contributed by atoms with Crippen molar-refractivity contribution in [1.82, 2.24) is 5.32 Å². The van der Waals surface area contributed by atoms with Crippen molar-refractivity contribution in [3.05, 3.63) is 93.7 Å². The Labute approximate surface area is 237 Å². The number of hydrogen-bond donors (Lipinski definition) is 1. The monoisotopic (exact) mass is 560 g/mol. The minimum absolute atomic E-state index is 0.00677. The molecule has 0 aliphatic rings. The van der Waals surface area contributed by atoms with Gasteiger partial charge in [0, 0.05) is 23.6 Å². The predicted molar refractivity (Wildman–Crippen MR) is 152 cm³/mol. The lowest BCUT2D eigenvalue weighted by atomic mass is 10.0. The van der Waals surface area contributed by atoms with E-state index in [1.807, 2.05) is 30.3 Å². The van der Waals surface area contributed by atoms with Gasteiger partial charge < -0.3 is 23.9 Å². The minimum Gasteiger partial charge on any atom is -0.485 e. The molecule has 0 atom stereocenters. The first-order chi connectivity index (χ1) is 19.5. The quantitative estimate of drug-likeness (QED) is 0.129. The number of esters is 1. The molecule has 41 heavy (non-hydrogen) atoms. The lowest BCUT2D eigenvalue weighted by Gasteiger charge is -2.19. The summed E-state index contributed by atoms with van der Waals surface area (Å²) in [6.45, 7) is 7.63. The Balaban J connectivity index is 1.55. The molecule has 1 heterocycles. The van der Waals surface area contributed by atoms with E-state index >= 15 is 0 Å². The van der Waals surface area contributed by atoms with Crippen molar-refractivity contribution in [2.75, 3.05) is 6.61 Å². The van der Waals surface area contributed by atoms with Crippen molar-refractivity contribution in [1.29, 1.82) is 0 Å². The number of nitrogens with zero attached hydrogens (tertiary/aromatic N) is 1. The van der Waals surface area contributed by atoms with E-state index < -0.39 is 16.6 Å². The molecule has 0 spiro atoms. The fourth-order valence-corrected chi connectivity index (χ4v) is 4.22. The summed E-state index contributed by atoms with van der Waals surface area (Å²) in [5.74, 6) is 0.523. The van der Waals surface area contributed by atoms with Gasteiger partial charge in [-0.05, 0) is 68.7 Å². The van der Waals surface area contributed by atoms with Gasteiger partial charge in [-0.1, -0.05) is 36.4 Å². The molecule has 4 aromatic rings. The third kappa shape index (κ3) is 7.84. The van der Waals surface area contributed by atoms with Crippen LogP contribution in [0.4, 0.5) is 10.5 Å². The molecule has 0 fully saturated rings. The van der Waals surface area contributed by atoms with E-state index in [0.29, 0.717) is 28.0 Å². The van der Waals surface area contributed by atoms with Gasteiger partial charge in [-0.15, -0.1) is 0 Å². The maximum Gasteiger partial charge on any atom is 0.407 e. The first-order valence-electron chi connectivity index (χ1n) is 13.2. The van der Waals surface area contributed by atoms with Crippen LogP contribution in [0.25, 0.3) is 22.1 Å². The number of fused-ring (bicyclic) bond motifs is 1. The third-order valence-corrected chi connectivity index (χ3v) is 5.92. The highest BCUT2D eigenvalue weighted by atomic mass is 16.6. The van der Waals surface area contributed by atoms with Gasteiger partial charge in [-0.25, -0.2) is 4.79 Å². The van der Waals surface area contributed by atoms with Gasteiger partial charge in [0.25, 0.3) is 0 Å². The zero-order valence-corrected chi connectivity index (χ0v) is 23.4. The summed E-state index contributed by atoms with van der Waals surface area (Å²) >= 11 is 0. The standard InChI is InChI=1S/C31H32N2O8/c1-5-38-28(34)17-22-10-6-7-12-27(22)39-19-25-15-24-14-23(16-26(33(36)37)29(24)40-25)21-11-8-9-20(13-21)18-32-30(35)41-31(2,3)4/h6-16H,5,17-19H2,1-4H3,(H,32,35). The molecule has 0 saturated carbocycles. The van der Waals surface area contributed by atoms with Crippen LogP contribution in [0.3, 0.4) is 0 Å². The van der Waals surface area contributed by atoms with Crippen molar-refractivity contribution in [3.8, 4) is 16.9 Å². The number of hydrogen-bond acceptors (Lipinski definition) is 8. The molecule has 1 N–H and O–H groups in total. The first kappa shape index (κ1) is 29.1. The van der Waals surface area contributed by atoms with E-state index in [2.05, 4.69) is 5.32 Å². The molecule has 1 aromatic heterocycles. The second-order valence-corrected chi connectivity index (χ2v) is 10.3. The summed E-state index contributed by atoms with van der Waals surface area (Å²) in [6, 6.07) is 19.4. The molecule has 0 saturated heterocycles. The van der Waals surface area contributed by atoms with Crippen molar-refractivity contribution in [3.63, 3.8) is 0 Å². The van der Waals surface area contributed by atoms with E-state index in [-0.39, 0.29) is 43.4 Å². The number of nitro groups is 1. The lowest BCUT2D eigenvalue weighted by Crippen LogP contribution is -2.32. The molecule has 0 aliphatic carbocycles. The van der Waals surface area contributed by atoms with Gasteiger partial charge in [0.15, 0.2) is 0 Å². The molecule has 0 aliphatic heterocycles. The first-order valence-corrected chi connectivity index (χ1v) is 13.2. The summed E-state index contributed by atoms with van der Waals surface area (Å²) in [5.41, 5.74) is 2.18. The van der Waals surface area contributed by atoms with E-state index in [4.69, 9.17) is 18.6 Å². The summed E-state index contributed by atoms with van der Waals surface area (Å²) in [7, 11) is 0. The van der Waals surface area contributed by atoms with Crippen LogP contribution in [0.5, 0.6) is 5.75 Å². The number of nitro benzene ring substituents is 1. The fraction of sp³-hybridized carbons (Fsp3) is 0.290. The second-order valence-electron chi connectivity index (χ2n) is 10.3. The molecule has 0 unspecified atom stereocenters. The Kier molecular flexibility index (Phi) is 8.91. The number of amides is 1. The number of carbonyl (C=O) groups excluding carboxylic acids is 2. The summed E-state index contributed by atoms with van der Waals surface area (Å²) < 4.78 is 22.1. The minimum atomic E-state index is -0.610. The molecule has 4 rings (SSSR count). The smallest absolute Gasteiger partial charge is 0.407 e. The average molecular weight is 561 g/mol. The number of non-ortho nitro benzene ring substituents is 1. The predicted octanol–water partition coefficient (Wildman–Crippen LogP) is 6.72. The number of ether oxygens (including phenoxy) is 3. The van der Waals surface area contributed by atoms with Gasteiger partial charge >= 0.3 is 17.7 Å². The van der Waals surface area contributed by atoms with Gasteiger partial charge in [0.05, 0.1) is 18.0 Å². The SMILES string of the molecule is CCOC(=O)Cc1ccccc1OCc1cc2cc(-c3cccc(CNC(=O)OC(C)(C)C)c3)cc([N+](=O)[O-])c2o1.